The normalized spacial score (nSPS) is 18.1. The molecule has 0 aliphatic carbocycles. The molecule has 1 fully saturated rings. The summed E-state index contributed by atoms with van der Waals surface area (Å²) in [5.41, 5.74) is -0.547. The van der Waals surface area contributed by atoms with E-state index in [1.54, 1.807) is 27.8 Å². The maximum Gasteiger partial charge on any atom is 0.411 e. The van der Waals surface area contributed by atoms with Gasteiger partial charge in [0.25, 0.3) is 0 Å². The minimum absolute atomic E-state index is 0. The van der Waals surface area contributed by atoms with Gasteiger partial charge in [0, 0.05) is 33.3 Å². The lowest BCUT2D eigenvalue weighted by atomic mass is 10.2. The lowest BCUT2D eigenvalue weighted by molar-refractivity contribution is -0.173. The van der Waals surface area contributed by atoms with Crippen LogP contribution in [0.15, 0.2) is 4.99 Å². The first kappa shape index (κ1) is 26.0. The highest BCUT2D eigenvalue weighted by Gasteiger charge is 2.28. The number of alkyl carbamates (subject to hydrolysis) is 1. The van der Waals surface area contributed by atoms with Crippen molar-refractivity contribution in [3.05, 3.63) is 0 Å². The standard InChI is InChI=1S/C16H29F3N4O3.HI/c1-15(2,3)26-14(24)22-12-6-8-23(10-12)13(20-4)21-7-5-9-25-11-16(17,18)19;/h12H,5-11H2,1-4H3,(H,20,21)(H,22,24);1H. The second-order valence-electron chi connectivity index (χ2n) is 7.07. The Bertz CT molecular complexity index is 485. The number of alkyl halides is 3. The molecule has 0 aromatic rings. The fourth-order valence-corrected chi connectivity index (χ4v) is 2.44. The number of guanidine groups is 1. The predicted molar refractivity (Wildman–Crippen MR) is 108 cm³/mol. The molecule has 0 aromatic carbocycles. The zero-order valence-corrected chi connectivity index (χ0v) is 18.5. The Kier molecular flexibility index (Phi) is 11.3. The van der Waals surface area contributed by atoms with Crippen LogP contribution in [0, 0.1) is 0 Å². The zero-order valence-electron chi connectivity index (χ0n) is 16.2. The van der Waals surface area contributed by atoms with Gasteiger partial charge in [-0.2, -0.15) is 13.2 Å². The molecule has 1 heterocycles. The van der Waals surface area contributed by atoms with Crippen LogP contribution in [0.1, 0.15) is 33.6 Å². The first-order chi connectivity index (χ1) is 12.0. The third kappa shape index (κ3) is 12.2. The Morgan fingerprint density at radius 2 is 1.96 bits per heavy atom. The highest BCUT2D eigenvalue weighted by atomic mass is 127. The summed E-state index contributed by atoms with van der Waals surface area (Å²) in [4.78, 5) is 18.0. The molecule has 0 aromatic heterocycles. The molecule has 27 heavy (non-hydrogen) atoms. The van der Waals surface area contributed by atoms with E-state index in [1.165, 1.54) is 0 Å². The number of nitrogens with zero attached hydrogens (tertiary/aromatic N) is 2. The van der Waals surface area contributed by atoms with Gasteiger partial charge in [0.15, 0.2) is 5.96 Å². The topological polar surface area (TPSA) is 75.2 Å². The number of carbonyl (C=O) groups excluding carboxylic acids is 1. The minimum Gasteiger partial charge on any atom is -0.444 e. The second-order valence-corrected chi connectivity index (χ2v) is 7.07. The predicted octanol–water partition coefficient (Wildman–Crippen LogP) is 2.75. The fourth-order valence-electron chi connectivity index (χ4n) is 2.44. The molecule has 1 amide bonds. The number of nitrogens with one attached hydrogen (secondary N) is 2. The summed E-state index contributed by atoms with van der Waals surface area (Å²) in [5, 5.41) is 5.92. The van der Waals surface area contributed by atoms with Crippen molar-refractivity contribution in [1.29, 1.82) is 0 Å². The van der Waals surface area contributed by atoms with Crippen LogP contribution >= 0.6 is 24.0 Å². The molecule has 0 radical (unpaired) electrons. The molecule has 1 rings (SSSR count). The smallest absolute Gasteiger partial charge is 0.411 e. The van der Waals surface area contributed by atoms with Gasteiger partial charge in [-0.05, 0) is 33.6 Å². The van der Waals surface area contributed by atoms with E-state index >= 15 is 0 Å². The van der Waals surface area contributed by atoms with Crippen molar-refractivity contribution in [3.63, 3.8) is 0 Å². The average molecular weight is 510 g/mol. The summed E-state index contributed by atoms with van der Waals surface area (Å²) in [6.45, 7) is 5.95. The first-order valence-corrected chi connectivity index (χ1v) is 8.60. The number of halogens is 4. The molecule has 7 nitrogen and oxygen atoms in total. The summed E-state index contributed by atoms with van der Waals surface area (Å²) in [6, 6.07) is -0.0430. The van der Waals surface area contributed by atoms with E-state index in [2.05, 4.69) is 20.4 Å². The lowest BCUT2D eigenvalue weighted by Gasteiger charge is -2.23. The molecule has 0 saturated carbocycles. The number of carbonyl (C=O) groups is 1. The Hall–Kier alpha value is -0.980. The van der Waals surface area contributed by atoms with E-state index in [4.69, 9.17) is 4.74 Å². The van der Waals surface area contributed by atoms with E-state index < -0.39 is 24.5 Å². The molecule has 160 valence electrons. The minimum atomic E-state index is -4.30. The third-order valence-electron chi connectivity index (χ3n) is 3.43. The number of hydrogen-bond acceptors (Lipinski definition) is 4. The number of rotatable bonds is 6. The van der Waals surface area contributed by atoms with Crippen LogP contribution in [-0.2, 0) is 9.47 Å². The molecule has 1 aliphatic rings. The molecule has 11 heteroatoms. The molecular weight excluding hydrogens is 480 g/mol. The van der Waals surface area contributed by atoms with Gasteiger partial charge in [-0.15, -0.1) is 24.0 Å². The van der Waals surface area contributed by atoms with E-state index in [0.29, 0.717) is 32.0 Å². The Labute approximate surface area is 175 Å². The molecule has 1 unspecified atom stereocenters. The number of amides is 1. The fraction of sp³-hybridized carbons (Fsp3) is 0.875. The van der Waals surface area contributed by atoms with Crippen LogP contribution in [0.2, 0.25) is 0 Å². The van der Waals surface area contributed by atoms with Crippen molar-refractivity contribution < 1.29 is 27.4 Å². The monoisotopic (exact) mass is 510 g/mol. The summed E-state index contributed by atoms with van der Waals surface area (Å²) in [7, 11) is 1.64. The molecule has 0 bridgehead atoms. The zero-order chi connectivity index (χ0) is 19.8. The number of aliphatic imine (C=N–C) groups is 1. The van der Waals surface area contributed by atoms with E-state index in [1.807, 2.05) is 4.90 Å². The lowest BCUT2D eigenvalue weighted by Crippen LogP contribution is -2.44. The van der Waals surface area contributed by atoms with Crippen LogP contribution in [0.25, 0.3) is 0 Å². The van der Waals surface area contributed by atoms with Gasteiger partial charge in [0.05, 0.1) is 6.04 Å². The molecule has 1 aliphatic heterocycles. The summed E-state index contributed by atoms with van der Waals surface area (Å²) in [6.07, 6.45) is -3.55. The summed E-state index contributed by atoms with van der Waals surface area (Å²) >= 11 is 0. The third-order valence-corrected chi connectivity index (χ3v) is 3.43. The second kappa shape index (κ2) is 11.8. The van der Waals surface area contributed by atoms with Crippen LogP contribution in [-0.4, -0.2) is 74.7 Å². The van der Waals surface area contributed by atoms with E-state index in [0.717, 1.165) is 6.42 Å². The number of hydrogen-bond donors (Lipinski definition) is 2. The largest absolute Gasteiger partial charge is 0.444 e. The highest BCUT2D eigenvalue weighted by molar-refractivity contribution is 14.0. The molecule has 0 spiro atoms. The molecular formula is C16H30F3IN4O3. The van der Waals surface area contributed by atoms with Crippen molar-refractivity contribution in [2.75, 3.05) is 39.9 Å². The van der Waals surface area contributed by atoms with Gasteiger partial charge < -0.3 is 25.0 Å². The van der Waals surface area contributed by atoms with Crippen molar-refractivity contribution in [1.82, 2.24) is 15.5 Å². The maximum atomic E-state index is 12.0. The van der Waals surface area contributed by atoms with Gasteiger partial charge in [0.2, 0.25) is 0 Å². The number of ether oxygens (including phenoxy) is 2. The van der Waals surface area contributed by atoms with Crippen molar-refractivity contribution in [2.24, 2.45) is 4.99 Å². The van der Waals surface area contributed by atoms with Crippen molar-refractivity contribution in [2.45, 2.75) is 51.4 Å². The highest BCUT2D eigenvalue weighted by Crippen LogP contribution is 2.14. The van der Waals surface area contributed by atoms with Gasteiger partial charge >= 0.3 is 12.3 Å². The van der Waals surface area contributed by atoms with Crippen LogP contribution in [0.5, 0.6) is 0 Å². The van der Waals surface area contributed by atoms with Crippen LogP contribution < -0.4 is 10.6 Å². The molecule has 1 saturated heterocycles. The van der Waals surface area contributed by atoms with E-state index in [-0.39, 0.29) is 36.6 Å². The molecule has 1 atom stereocenters. The Morgan fingerprint density at radius 1 is 1.30 bits per heavy atom. The van der Waals surface area contributed by atoms with E-state index in [9.17, 15) is 18.0 Å². The molecule has 2 N–H and O–H groups in total. The van der Waals surface area contributed by atoms with Crippen LogP contribution in [0.4, 0.5) is 18.0 Å². The van der Waals surface area contributed by atoms with Gasteiger partial charge in [-0.3, -0.25) is 4.99 Å². The summed E-state index contributed by atoms with van der Waals surface area (Å²) in [5.74, 6) is 0.648. The maximum absolute atomic E-state index is 12.0. The van der Waals surface area contributed by atoms with Crippen LogP contribution in [0.3, 0.4) is 0 Å². The number of likely N-dealkylation sites (tertiary alicyclic amines) is 1. The first-order valence-electron chi connectivity index (χ1n) is 8.60. The SMILES string of the molecule is CN=C(NCCCOCC(F)(F)F)N1CCC(NC(=O)OC(C)(C)C)C1.I. The van der Waals surface area contributed by atoms with Crippen molar-refractivity contribution >= 4 is 36.0 Å². The van der Waals surface area contributed by atoms with Gasteiger partial charge in [0.1, 0.15) is 12.2 Å². The van der Waals surface area contributed by atoms with Gasteiger partial charge in [-0.25, -0.2) is 4.79 Å². The Morgan fingerprint density at radius 3 is 2.52 bits per heavy atom. The summed E-state index contributed by atoms with van der Waals surface area (Å²) < 4.78 is 45.7. The quantitative estimate of drug-likeness (QED) is 0.249. The van der Waals surface area contributed by atoms with Crippen molar-refractivity contribution in [3.8, 4) is 0 Å². The average Bonchev–Trinajstić information content (AvgIpc) is 2.91. The van der Waals surface area contributed by atoms with Gasteiger partial charge in [-0.1, -0.05) is 0 Å². The Balaban J connectivity index is 0.00000676.